The lowest BCUT2D eigenvalue weighted by Crippen LogP contribution is -2.08. The van der Waals surface area contributed by atoms with E-state index >= 15 is 0 Å². The third-order valence-electron chi connectivity index (χ3n) is 2.88. The number of hydrogen-bond donors (Lipinski definition) is 1. The lowest BCUT2D eigenvalue weighted by molar-refractivity contribution is 0.184. The van der Waals surface area contributed by atoms with Crippen molar-refractivity contribution in [3.8, 4) is 0 Å². The minimum absolute atomic E-state index is 0.0341. The van der Waals surface area contributed by atoms with Crippen LogP contribution in [0, 0.1) is 0 Å². The number of aromatic nitrogens is 3. The summed E-state index contributed by atoms with van der Waals surface area (Å²) in [5.41, 5.74) is 2.37. The molecule has 3 rings (SSSR count). The third kappa shape index (κ3) is 1.58. The Hall–Kier alpha value is -1.46. The van der Waals surface area contributed by atoms with Crippen LogP contribution in [-0.2, 0) is 11.3 Å². The van der Waals surface area contributed by atoms with Gasteiger partial charge in [-0.25, -0.2) is 4.98 Å². The summed E-state index contributed by atoms with van der Waals surface area (Å²) in [6.45, 7) is 1.49. The Balaban J connectivity index is 2.01. The molecule has 0 aliphatic carbocycles. The molecule has 0 amide bonds. The van der Waals surface area contributed by atoms with E-state index in [1.165, 1.54) is 0 Å². The topological polar surface area (TPSA) is 60.2 Å². The Morgan fingerprint density at radius 3 is 3.12 bits per heavy atom. The largest absolute Gasteiger partial charge is 0.390 e. The number of rotatable bonds is 2. The monoisotopic (exact) mass is 219 g/mol. The van der Waals surface area contributed by atoms with E-state index in [1.807, 2.05) is 16.9 Å². The number of nitrogens with zero attached hydrogens (tertiary/aromatic N) is 3. The van der Waals surface area contributed by atoms with Gasteiger partial charge < -0.3 is 9.84 Å². The van der Waals surface area contributed by atoms with Gasteiger partial charge >= 0.3 is 0 Å². The molecule has 0 radical (unpaired) electrons. The van der Waals surface area contributed by atoms with Crippen LogP contribution >= 0.6 is 0 Å². The fourth-order valence-corrected chi connectivity index (χ4v) is 1.97. The van der Waals surface area contributed by atoms with E-state index in [0.717, 1.165) is 30.7 Å². The van der Waals surface area contributed by atoms with Gasteiger partial charge in [0.1, 0.15) is 11.0 Å². The lowest BCUT2D eigenvalue weighted by Gasteiger charge is -2.05. The number of fused-ring (bicyclic) bond motifs is 1. The van der Waals surface area contributed by atoms with Crippen LogP contribution in [0.2, 0.25) is 0 Å². The van der Waals surface area contributed by atoms with Crippen molar-refractivity contribution >= 4 is 11.0 Å². The van der Waals surface area contributed by atoms with Gasteiger partial charge in [0.05, 0.1) is 31.1 Å². The van der Waals surface area contributed by atoms with Crippen LogP contribution in [0.15, 0.2) is 18.3 Å². The molecule has 0 bridgehead atoms. The highest BCUT2D eigenvalue weighted by Crippen LogP contribution is 2.20. The molecule has 1 aliphatic rings. The Labute approximate surface area is 92.7 Å². The van der Waals surface area contributed by atoms with Crippen LogP contribution in [-0.4, -0.2) is 33.1 Å². The van der Waals surface area contributed by atoms with Crippen molar-refractivity contribution < 1.29 is 9.84 Å². The SMILES string of the molecule is OCc1ccc2nn(C3CCOC3)cc2n1. The highest BCUT2D eigenvalue weighted by atomic mass is 16.5. The average molecular weight is 219 g/mol. The first-order chi connectivity index (χ1) is 7.86. The van der Waals surface area contributed by atoms with E-state index in [0.29, 0.717) is 11.7 Å². The fraction of sp³-hybridized carbons (Fsp3) is 0.455. The Morgan fingerprint density at radius 2 is 2.38 bits per heavy atom. The maximum atomic E-state index is 9.01. The number of ether oxygens (including phenoxy) is 1. The summed E-state index contributed by atoms with van der Waals surface area (Å²) < 4.78 is 7.25. The van der Waals surface area contributed by atoms with Crippen molar-refractivity contribution in [2.24, 2.45) is 0 Å². The van der Waals surface area contributed by atoms with Gasteiger partial charge in [0.25, 0.3) is 0 Å². The summed E-state index contributed by atoms with van der Waals surface area (Å²) >= 11 is 0. The van der Waals surface area contributed by atoms with Gasteiger partial charge in [-0.1, -0.05) is 0 Å². The molecule has 1 unspecified atom stereocenters. The molecule has 1 aliphatic heterocycles. The first-order valence-electron chi connectivity index (χ1n) is 5.40. The molecule has 0 spiro atoms. The van der Waals surface area contributed by atoms with E-state index < -0.39 is 0 Å². The van der Waals surface area contributed by atoms with Crippen LogP contribution < -0.4 is 0 Å². The number of aliphatic hydroxyl groups is 1. The van der Waals surface area contributed by atoms with Gasteiger partial charge in [-0.3, -0.25) is 4.68 Å². The van der Waals surface area contributed by atoms with Crippen LogP contribution in [0.5, 0.6) is 0 Å². The molecule has 0 aromatic carbocycles. The van der Waals surface area contributed by atoms with Crippen molar-refractivity contribution in [2.75, 3.05) is 13.2 Å². The minimum Gasteiger partial charge on any atom is -0.390 e. The molecule has 3 heterocycles. The molecular formula is C11H13N3O2. The molecule has 84 valence electrons. The first kappa shape index (κ1) is 9.74. The number of hydrogen-bond acceptors (Lipinski definition) is 4. The zero-order valence-corrected chi connectivity index (χ0v) is 8.83. The second kappa shape index (κ2) is 3.84. The summed E-state index contributed by atoms with van der Waals surface area (Å²) in [4.78, 5) is 4.31. The molecule has 2 aromatic rings. The van der Waals surface area contributed by atoms with Crippen LogP contribution in [0.1, 0.15) is 18.2 Å². The maximum Gasteiger partial charge on any atom is 0.111 e. The standard InChI is InChI=1S/C11H13N3O2/c15-6-8-1-2-10-11(12-8)5-14(13-10)9-3-4-16-7-9/h1-2,5,9,15H,3-4,6-7H2. The zero-order valence-electron chi connectivity index (χ0n) is 8.83. The van der Waals surface area contributed by atoms with Crippen LogP contribution in [0.3, 0.4) is 0 Å². The van der Waals surface area contributed by atoms with Crippen LogP contribution in [0.25, 0.3) is 11.0 Å². The lowest BCUT2D eigenvalue weighted by atomic mass is 10.3. The molecule has 16 heavy (non-hydrogen) atoms. The first-order valence-corrected chi connectivity index (χ1v) is 5.40. The van der Waals surface area contributed by atoms with Crippen molar-refractivity contribution in [2.45, 2.75) is 19.1 Å². The molecular weight excluding hydrogens is 206 g/mol. The van der Waals surface area contributed by atoms with Crippen molar-refractivity contribution in [1.29, 1.82) is 0 Å². The third-order valence-corrected chi connectivity index (χ3v) is 2.88. The molecule has 0 saturated carbocycles. The normalized spacial score (nSPS) is 20.7. The van der Waals surface area contributed by atoms with Gasteiger partial charge in [0.2, 0.25) is 0 Å². The number of aliphatic hydroxyl groups excluding tert-OH is 1. The van der Waals surface area contributed by atoms with E-state index in [9.17, 15) is 0 Å². The molecule has 1 fully saturated rings. The fourth-order valence-electron chi connectivity index (χ4n) is 1.97. The second-order valence-corrected chi connectivity index (χ2v) is 3.99. The number of pyridine rings is 1. The van der Waals surface area contributed by atoms with Gasteiger partial charge in [0.15, 0.2) is 0 Å². The average Bonchev–Trinajstić information content (AvgIpc) is 2.96. The predicted molar refractivity (Wildman–Crippen MR) is 57.9 cm³/mol. The maximum absolute atomic E-state index is 9.01. The van der Waals surface area contributed by atoms with Crippen molar-refractivity contribution in [3.63, 3.8) is 0 Å². The van der Waals surface area contributed by atoms with E-state index in [1.54, 1.807) is 6.07 Å². The zero-order chi connectivity index (χ0) is 11.0. The molecule has 1 saturated heterocycles. The quantitative estimate of drug-likeness (QED) is 0.814. The van der Waals surface area contributed by atoms with Gasteiger partial charge in [-0.15, -0.1) is 0 Å². The van der Waals surface area contributed by atoms with Gasteiger partial charge in [0, 0.05) is 6.61 Å². The van der Waals surface area contributed by atoms with E-state index in [4.69, 9.17) is 9.84 Å². The van der Waals surface area contributed by atoms with Crippen LogP contribution in [0.4, 0.5) is 0 Å². The smallest absolute Gasteiger partial charge is 0.111 e. The molecule has 5 heteroatoms. The molecule has 1 atom stereocenters. The Morgan fingerprint density at radius 1 is 1.44 bits per heavy atom. The van der Waals surface area contributed by atoms with Gasteiger partial charge in [-0.2, -0.15) is 5.10 Å². The van der Waals surface area contributed by atoms with Gasteiger partial charge in [-0.05, 0) is 18.6 Å². The summed E-state index contributed by atoms with van der Waals surface area (Å²) in [5, 5.41) is 13.5. The highest BCUT2D eigenvalue weighted by molar-refractivity contribution is 5.73. The Bertz CT molecular complexity index is 503. The summed E-state index contributed by atoms with van der Waals surface area (Å²) in [7, 11) is 0. The summed E-state index contributed by atoms with van der Waals surface area (Å²) in [5.74, 6) is 0. The minimum atomic E-state index is -0.0341. The van der Waals surface area contributed by atoms with E-state index in [-0.39, 0.29) is 6.61 Å². The van der Waals surface area contributed by atoms with Crippen molar-refractivity contribution in [3.05, 3.63) is 24.0 Å². The predicted octanol–water partition coefficient (Wildman–Crippen LogP) is 0.885. The summed E-state index contributed by atoms with van der Waals surface area (Å²) in [6, 6.07) is 4.01. The van der Waals surface area contributed by atoms with E-state index in [2.05, 4.69) is 10.1 Å². The van der Waals surface area contributed by atoms with Crippen molar-refractivity contribution in [1.82, 2.24) is 14.8 Å². The second-order valence-electron chi connectivity index (χ2n) is 3.99. The molecule has 5 nitrogen and oxygen atoms in total. The molecule has 1 N–H and O–H groups in total. The Kier molecular flexibility index (Phi) is 2.34. The highest BCUT2D eigenvalue weighted by Gasteiger charge is 2.18. The summed E-state index contributed by atoms with van der Waals surface area (Å²) in [6.07, 6.45) is 2.93. The molecule has 2 aromatic heterocycles.